The smallest absolute Gasteiger partial charge is 0.0249 e. The number of hydrogen-bond donors (Lipinski definition) is 0. The summed E-state index contributed by atoms with van der Waals surface area (Å²) in [7, 11) is 0. The van der Waals surface area contributed by atoms with Gasteiger partial charge in [-0.3, -0.25) is 0 Å². The van der Waals surface area contributed by atoms with Crippen molar-refractivity contribution in [3.8, 4) is 11.8 Å². The molecule has 2 rings (SSSR count). The van der Waals surface area contributed by atoms with Crippen LogP contribution in [0.2, 0.25) is 0 Å². The predicted molar refractivity (Wildman–Crippen MR) is 96.0 cm³/mol. The summed E-state index contributed by atoms with van der Waals surface area (Å²) in [4.78, 5) is 0. The molecule has 0 bridgehead atoms. The Kier molecular flexibility index (Phi) is 6.52. The Labute approximate surface area is 134 Å². The molecule has 0 saturated carbocycles. The number of rotatable bonds is 6. The van der Waals surface area contributed by atoms with Gasteiger partial charge in [0.1, 0.15) is 0 Å². The fraction of sp³-hybridized carbons (Fsp3) is 0.273. The van der Waals surface area contributed by atoms with Crippen molar-refractivity contribution in [3.05, 3.63) is 83.4 Å². The van der Waals surface area contributed by atoms with Crippen LogP contribution >= 0.6 is 0 Å². The van der Waals surface area contributed by atoms with Gasteiger partial charge in [0.2, 0.25) is 0 Å². The maximum atomic E-state index is 3.76. The Hall–Kier alpha value is -2.26. The maximum absolute atomic E-state index is 3.76. The summed E-state index contributed by atoms with van der Waals surface area (Å²) >= 11 is 0. The van der Waals surface area contributed by atoms with Gasteiger partial charge in [-0.05, 0) is 62.4 Å². The summed E-state index contributed by atoms with van der Waals surface area (Å²) in [5.74, 6) is 6.45. The molecule has 112 valence electrons. The molecule has 0 unspecified atom stereocenters. The molecule has 0 nitrogen and oxygen atoms in total. The largest absolute Gasteiger partial charge is 0.103 e. The van der Waals surface area contributed by atoms with E-state index in [1.165, 1.54) is 30.4 Å². The fourth-order valence-electron chi connectivity index (χ4n) is 2.33. The zero-order valence-electron chi connectivity index (χ0n) is 13.4. The molecule has 0 aliphatic carbocycles. The summed E-state index contributed by atoms with van der Waals surface area (Å²) in [6.45, 7) is 5.85. The lowest BCUT2D eigenvalue weighted by Crippen LogP contribution is -1.86. The van der Waals surface area contributed by atoms with E-state index in [0.717, 1.165) is 24.0 Å². The zero-order chi connectivity index (χ0) is 15.6. The second-order valence-electron chi connectivity index (χ2n) is 5.70. The van der Waals surface area contributed by atoms with Gasteiger partial charge >= 0.3 is 0 Å². The molecule has 0 fully saturated rings. The zero-order valence-corrected chi connectivity index (χ0v) is 13.4. The van der Waals surface area contributed by atoms with Crippen molar-refractivity contribution < 1.29 is 0 Å². The quantitative estimate of drug-likeness (QED) is 0.364. The Balaban J connectivity index is 1.86. The van der Waals surface area contributed by atoms with Crippen molar-refractivity contribution >= 4 is 0 Å². The lowest BCUT2D eigenvalue weighted by molar-refractivity contribution is 0.687. The van der Waals surface area contributed by atoms with E-state index in [0.29, 0.717) is 0 Å². The first-order valence-electron chi connectivity index (χ1n) is 8.06. The Bertz CT molecular complexity index is 633. The first kappa shape index (κ1) is 16.1. The standard InChI is InChI=1S/C22H24/c1-3-4-5-6-7-8-20-13-15-22(16-14-20)18-17-21-11-9-19(2)10-12-21/h3,9-16H,1,4-8H2,2H3. The highest BCUT2D eigenvalue weighted by Gasteiger charge is 1.94. The molecule has 2 aromatic rings. The van der Waals surface area contributed by atoms with Crippen LogP contribution in [0.5, 0.6) is 0 Å². The van der Waals surface area contributed by atoms with Gasteiger partial charge in [0.05, 0.1) is 0 Å². The molecule has 0 saturated heterocycles. The third-order valence-corrected chi connectivity index (χ3v) is 3.73. The van der Waals surface area contributed by atoms with E-state index in [2.05, 4.69) is 73.9 Å². The van der Waals surface area contributed by atoms with E-state index in [-0.39, 0.29) is 0 Å². The minimum Gasteiger partial charge on any atom is -0.103 e. The van der Waals surface area contributed by atoms with Crippen molar-refractivity contribution in [2.24, 2.45) is 0 Å². The van der Waals surface area contributed by atoms with Gasteiger partial charge in [-0.1, -0.05) is 54.2 Å². The molecule has 22 heavy (non-hydrogen) atoms. The monoisotopic (exact) mass is 288 g/mol. The first-order chi connectivity index (χ1) is 10.8. The van der Waals surface area contributed by atoms with E-state index >= 15 is 0 Å². The average molecular weight is 288 g/mol. The Morgan fingerprint density at radius 2 is 1.41 bits per heavy atom. The van der Waals surface area contributed by atoms with Gasteiger partial charge in [0, 0.05) is 11.1 Å². The highest BCUT2D eigenvalue weighted by atomic mass is 14.0. The minimum atomic E-state index is 1.07. The van der Waals surface area contributed by atoms with E-state index in [1.54, 1.807) is 0 Å². The van der Waals surface area contributed by atoms with Crippen molar-refractivity contribution in [1.29, 1.82) is 0 Å². The van der Waals surface area contributed by atoms with E-state index in [9.17, 15) is 0 Å². The molecule has 2 aromatic carbocycles. The molecule has 0 spiro atoms. The number of hydrogen-bond acceptors (Lipinski definition) is 0. The second kappa shape index (κ2) is 8.90. The van der Waals surface area contributed by atoms with Crippen LogP contribution in [0, 0.1) is 18.8 Å². The second-order valence-corrected chi connectivity index (χ2v) is 5.70. The fourth-order valence-corrected chi connectivity index (χ4v) is 2.33. The number of allylic oxidation sites excluding steroid dienone is 1. The third-order valence-electron chi connectivity index (χ3n) is 3.73. The predicted octanol–water partition coefficient (Wildman–Crippen LogP) is 5.68. The van der Waals surface area contributed by atoms with E-state index in [4.69, 9.17) is 0 Å². The number of benzene rings is 2. The van der Waals surface area contributed by atoms with Crippen molar-refractivity contribution in [2.75, 3.05) is 0 Å². The normalized spacial score (nSPS) is 9.86. The van der Waals surface area contributed by atoms with Gasteiger partial charge < -0.3 is 0 Å². The molecule has 0 aliphatic rings. The van der Waals surface area contributed by atoms with Crippen LogP contribution in [0.4, 0.5) is 0 Å². The third kappa shape index (κ3) is 5.62. The Morgan fingerprint density at radius 1 is 0.818 bits per heavy atom. The average Bonchev–Trinajstić information content (AvgIpc) is 2.55. The van der Waals surface area contributed by atoms with Gasteiger partial charge in [-0.15, -0.1) is 6.58 Å². The number of aryl methyl sites for hydroxylation is 2. The van der Waals surface area contributed by atoms with Crippen molar-refractivity contribution in [2.45, 2.75) is 39.0 Å². The summed E-state index contributed by atoms with van der Waals surface area (Å²) in [5.41, 5.74) is 4.82. The summed E-state index contributed by atoms with van der Waals surface area (Å²) in [6.07, 6.45) is 8.07. The lowest BCUT2D eigenvalue weighted by Gasteiger charge is -2.01. The SMILES string of the molecule is C=CCCCCCc1ccc(C#Cc2ccc(C)cc2)cc1. The highest BCUT2D eigenvalue weighted by Crippen LogP contribution is 2.10. The molecule has 0 radical (unpaired) electrons. The molecule has 0 N–H and O–H groups in total. The lowest BCUT2D eigenvalue weighted by atomic mass is 10.0. The van der Waals surface area contributed by atoms with E-state index < -0.39 is 0 Å². The Morgan fingerprint density at radius 3 is 2.00 bits per heavy atom. The molecule has 0 heteroatoms. The topological polar surface area (TPSA) is 0 Å². The molecule has 0 aliphatic heterocycles. The van der Waals surface area contributed by atoms with Crippen molar-refractivity contribution in [1.82, 2.24) is 0 Å². The van der Waals surface area contributed by atoms with Crippen LogP contribution < -0.4 is 0 Å². The van der Waals surface area contributed by atoms with Crippen LogP contribution in [0.1, 0.15) is 47.9 Å². The van der Waals surface area contributed by atoms with Crippen molar-refractivity contribution in [3.63, 3.8) is 0 Å². The maximum Gasteiger partial charge on any atom is 0.0249 e. The van der Waals surface area contributed by atoms with Gasteiger partial charge in [0.25, 0.3) is 0 Å². The molecular weight excluding hydrogens is 264 g/mol. The van der Waals surface area contributed by atoms with Gasteiger partial charge in [0.15, 0.2) is 0 Å². The highest BCUT2D eigenvalue weighted by molar-refractivity contribution is 5.43. The molecule has 0 aromatic heterocycles. The van der Waals surface area contributed by atoms with Crippen LogP contribution in [-0.4, -0.2) is 0 Å². The molecule has 0 atom stereocenters. The van der Waals surface area contributed by atoms with Crippen LogP contribution in [0.3, 0.4) is 0 Å². The summed E-state index contributed by atoms with van der Waals surface area (Å²) in [6, 6.07) is 17.0. The molecular formula is C22H24. The van der Waals surface area contributed by atoms with Crippen LogP contribution in [0.25, 0.3) is 0 Å². The van der Waals surface area contributed by atoms with Crippen LogP contribution in [0.15, 0.2) is 61.2 Å². The molecule has 0 heterocycles. The summed E-state index contributed by atoms with van der Waals surface area (Å²) in [5, 5.41) is 0. The number of unbranched alkanes of at least 4 members (excludes halogenated alkanes) is 3. The van der Waals surface area contributed by atoms with Gasteiger partial charge in [-0.2, -0.15) is 0 Å². The van der Waals surface area contributed by atoms with Gasteiger partial charge in [-0.25, -0.2) is 0 Å². The van der Waals surface area contributed by atoms with E-state index in [1.807, 2.05) is 6.08 Å². The summed E-state index contributed by atoms with van der Waals surface area (Å²) < 4.78 is 0. The molecule has 0 amide bonds. The minimum absolute atomic E-state index is 1.07. The first-order valence-corrected chi connectivity index (χ1v) is 8.06. The van der Waals surface area contributed by atoms with Crippen LogP contribution in [-0.2, 0) is 6.42 Å².